The zero-order chi connectivity index (χ0) is 8.85. The third-order valence-electron chi connectivity index (χ3n) is 1.36. The second kappa shape index (κ2) is 5.29. The molecule has 0 aliphatic heterocycles. The zero-order valence-electron chi connectivity index (χ0n) is 7.38. The quantitative estimate of drug-likeness (QED) is 0.545. The Balaban J connectivity index is 3.51. The van der Waals surface area contributed by atoms with Gasteiger partial charge in [0.2, 0.25) is 0 Å². The fourth-order valence-corrected chi connectivity index (χ4v) is 0.962. The van der Waals surface area contributed by atoms with Crippen molar-refractivity contribution in [1.82, 2.24) is 4.90 Å². The molecule has 1 atom stereocenters. The van der Waals surface area contributed by atoms with E-state index in [1.165, 1.54) is 0 Å². The first-order valence-corrected chi connectivity index (χ1v) is 3.79. The van der Waals surface area contributed by atoms with E-state index in [1.54, 1.807) is 6.92 Å². The second-order valence-electron chi connectivity index (χ2n) is 3.00. The summed E-state index contributed by atoms with van der Waals surface area (Å²) in [7, 11) is 1.94. The molecule has 3 heteroatoms. The van der Waals surface area contributed by atoms with Crippen molar-refractivity contribution in [1.29, 1.82) is 0 Å². The summed E-state index contributed by atoms with van der Waals surface area (Å²) in [5, 5.41) is 9.01. The molecule has 0 saturated carbocycles. The number of hydrogen-bond donors (Lipinski definition) is 2. The van der Waals surface area contributed by atoms with Crippen LogP contribution in [0, 0.1) is 0 Å². The Labute approximate surface area is 68.5 Å². The van der Waals surface area contributed by atoms with E-state index in [0.717, 1.165) is 12.1 Å². The summed E-state index contributed by atoms with van der Waals surface area (Å²) in [5.74, 6) is 0. The highest BCUT2D eigenvalue weighted by Crippen LogP contribution is 1.93. The van der Waals surface area contributed by atoms with Gasteiger partial charge in [-0.2, -0.15) is 0 Å². The third kappa shape index (κ3) is 6.04. The minimum Gasteiger partial charge on any atom is -0.392 e. The molecule has 0 fully saturated rings. The molecular formula is C8H18N2O. The molecule has 0 saturated heterocycles. The maximum absolute atomic E-state index is 9.01. The highest BCUT2D eigenvalue weighted by molar-refractivity contribution is 4.98. The maximum atomic E-state index is 9.01. The standard InChI is InChI=1S/C8H18N2O/c1-7(4-9)5-10(3)6-8(2)11/h8,11H,1,4-6,9H2,2-3H3. The van der Waals surface area contributed by atoms with E-state index in [1.807, 2.05) is 11.9 Å². The molecule has 3 nitrogen and oxygen atoms in total. The van der Waals surface area contributed by atoms with Crippen molar-refractivity contribution in [3.05, 3.63) is 12.2 Å². The predicted octanol–water partition coefficient (Wildman–Crippen LogP) is -0.186. The van der Waals surface area contributed by atoms with Crippen LogP contribution in [0.15, 0.2) is 12.2 Å². The number of rotatable bonds is 5. The Kier molecular flexibility index (Phi) is 5.11. The van der Waals surface area contributed by atoms with E-state index in [0.29, 0.717) is 13.1 Å². The molecular weight excluding hydrogens is 140 g/mol. The first kappa shape index (κ1) is 10.6. The van der Waals surface area contributed by atoms with Crippen LogP contribution < -0.4 is 5.73 Å². The van der Waals surface area contributed by atoms with Gasteiger partial charge in [-0.15, -0.1) is 0 Å². The van der Waals surface area contributed by atoms with Gasteiger partial charge < -0.3 is 10.8 Å². The molecule has 0 bridgehead atoms. The molecule has 0 aromatic rings. The number of hydrogen-bond acceptors (Lipinski definition) is 3. The summed E-state index contributed by atoms with van der Waals surface area (Å²) >= 11 is 0. The van der Waals surface area contributed by atoms with Gasteiger partial charge in [0.15, 0.2) is 0 Å². The van der Waals surface area contributed by atoms with Crippen molar-refractivity contribution < 1.29 is 5.11 Å². The van der Waals surface area contributed by atoms with Gasteiger partial charge in [-0.05, 0) is 19.5 Å². The molecule has 0 amide bonds. The Hall–Kier alpha value is -0.380. The lowest BCUT2D eigenvalue weighted by molar-refractivity contribution is 0.146. The van der Waals surface area contributed by atoms with Crippen LogP contribution in [0.1, 0.15) is 6.92 Å². The number of likely N-dealkylation sites (N-methyl/N-ethyl adjacent to an activating group) is 1. The first-order chi connectivity index (χ1) is 5.06. The van der Waals surface area contributed by atoms with Gasteiger partial charge in [0.1, 0.15) is 0 Å². The Bertz CT molecular complexity index is 123. The Morgan fingerprint density at radius 1 is 1.73 bits per heavy atom. The lowest BCUT2D eigenvalue weighted by atomic mass is 10.3. The van der Waals surface area contributed by atoms with E-state index in [2.05, 4.69) is 6.58 Å². The summed E-state index contributed by atoms with van der Waals surface area (Å²) < 4.78 is 0. The minimum atomic E-state index is -0.287. The summed E-state index contributed by atoms with van der Waals surface area (Å²) in [6.07, 6.45) is -0.287. The zero-order valence-corrected chi connectivity index (χ0v) is 7.38. The van der Waals surface area contributed by atoms with Crippen molar-refractivity contribution in [2.24, 2.45) is 5.73 Å². The largest absolute Gasteiger partial charge is 0.392 e. The molecule has 66 valence electrons. The molecule has 0 aromatic heterocycles. The van der Waals surface area contributed by atoms with Crippen molar-refractivity contribution >= 4 is 0 Å². The first-order valence-electron chi connectivity index (χ1n) is 3.79. The lowest BCUT2D eigenvalue weighted by Crippen LogP contribution is -2.30. The van der Waals surface area contributed by atoms with Gasteiger partial charge in [-0.1, -0.05) is 6.58 Å². The molecule has 0 aromatic carbocycles. The van der Waals surface area contributed by atoms with Crippen LogP contribution in [0.4, 0.5) is 0 Å². The van der Waals surface area contributed by atoms with Crippen LogP contribution in [0.2, 0.25) is 0 Å². The molecule has 0 aliphatic rings. The van der Waals surface area contributed by atoms with Gasteiger partial charge in [-0.3, -0.25) is 4.90 Å². The second-order valence-corrected chi connectivity index (χ2v) is 3.00. The minimum absolute atomic E-state index is 0.287. The van der Waals surface area contributed by atoms with Gasteiger partial charge in [0.05, 0.1) is 6.10 Å². The number of nitrogens with zero attached hydrogens (tertiary/aromatic N) is 1. The number of nitrogens with two attached hydrogens (primary N) is 1. The van der Waals surface area contributed by atoms with Crippen LogP contribution in [0.3, 0.4) is 0 Å². The molecule has 0 rings (SSSR count). The normalized spacial score (nSPS) is 13.5. The molecule has 1 unspecified atom stereocenters. The van der Waals surface area contributed by atoms with Crippen LogP contribution in [-0.2, 0) is 0 Å². The molecule has 11 heavy (non-hydrogen) atoms. The topological polar surface area (TPSA) is 49.5 Å². The molecule has 3 N–H and O–H groups in total. The van der Waals surface area contributed by atoms with Gasteiger partial charge in [0, 0.05) is 19.6 Å². The molecule has 0 heterocycles. The fourth-order valence-electron chi connectivity index (χ4n) is 0.962. The summed E-state index contributed by atoms with van der Waals surface area (Å²) in [5.41, 5.74) is 6.36. The SMILES string of the molecule is C=C(CN)CN(C)CC(C)O. The summed E-state index contributed by atoms with van der Waals surface area (Å²) in [6, 6.07) is 0. The Morgan fingerprint density at radius 3 is 2.64 bits per heavy atom. The van der Waals surface area contributed by atoms with E-state index in [9.17, 15) is 0 Å². The summed E-state index contributed by atoms with van der Waals surface area (Å²) in [6.45, 7) is 7.49. The van der Waals surface area contributed by atoms with Crippen molar-refractivity contribution in [3.63, 3.8) is 0 Å². The maximum Gasteiger partial charge on any atom is 0.0639 e. The third-order valence-corrected chi connectivity index (χ3v) is 1.36. The van der Waals surface area contributed by atoms with Crippen LogP contribution in [-0.4, -0.2) is 42.8 Å². The highest BCUT2D eigenvalue weighted by Gasteiger charge is 2.02. The Morgan fingerprint density at radius 2 is 2.27 bits per heavy atom. The van der Waals surface area contributed by atoms with Crippen molar-refractivity contribution in [2.75, 3.05) is 26.7 Å². The van der Waals surface area contributed by atoms with E-state index >= 15 is 0 Å². The number of aliphatic hydroxyl groups is 1. The monoisotopic (exact) mass is 158 g/mol. The smallest absolute Gasteiger partial charge is 0.0639 e. The molecule has 0 spiro atoms. The van der Waals surface area contributed by atoms with Gasteiger partial charge >= 0.3 is 0 Å². The van der Waals surface area contributed by atoms with E-state index in [-0.39, 0.29) is 6.10 Å². The van der Waals surface area contributed by atoms with Crippen molar-refractivity contribution in [2.45, 2.75) is 13.0 Å². The van der Waals surface area contributed by atoms with Crippen molar-refractivity contribution in [3.8, 4) is 0 Å². The van der Waals surface area contributed by atoms with Gasteiger partial charge in [0.25, 0.3) is 0 Å². The average Bonchev–Trinajstić information content (AvgIpc) is 1.85. The summed E-state index contributed by atoms with van der Waals surface area (Å²) in [4.78, 5) is 2.00. The van der Waals surface area contributed by atoms with Crippen LogP contribution in [0.5, 0.6) is 0 Å². The van der Waals surface area contributed by atoms with Crippen LogP contribution >= 0.6 is 0 Å². The van der Waals surface area contributed by atoms with E-state index < -0.39 is 0 Å². The fraction of sp³-hybridized carbons (Fsp3) is 0.750. The van der Waals surface area contributed by atoms with Crippen LogP contribution in [0.25, 0.3) is 0 Å². The lowest BCUT2D eigenvalue weighted by Gasteiger charge is -2.18. The van der Waals surface area contributed by atoms with E-state index in [4.69, 9.17) is 10.8 Å². The van der Waals surface area contributed by atoms with Gasteiger partial charge in [-0.25, -0.2) is 0 Å². The highest BCUT2D eigenvalue weighted by atomic mass is 16.3. The molecule has 0 radical (unpaired) electrons. The predicted molar refractivity (Wildman–Crippen MR) is 47.4 cm³/mol. The molecule has 0 aliphatic carbocycles. The average molecular weight is 158 g/mol. The number of aliphatic hydroxyl groups excluding tert-OH is 1.